The summed E-state index contributed by atoms with van der Waals surface area (Å²) >= 11 is 0. The van der Waals surface area contributed by atoms with Crippen LogP contribution in [0.3, 0.4) is 0 Å². The summed E-state index contributed by atoms with van der Waals surface area (Å²) < 4.78 is 78.2. The number of benzene rings is 1. The Hall–Kier alpha value is -2.26. The maximum absolute atomic E-state index is 13.0. The zero-order valence-electron chi connectivity index (χ0n) is 16.7. The number of carbonyl (C=O) groups excluding carboxylic acids is 2. The Labute approximate surface area is 170 Å². The molecule has 0 bridgehead atoms. The van der Waals surface area contributed by atoms with Gasteiger partial charge in [-0.3, -0.25) is 9.59 Å². The highest BCUT2D eigenvalue weighted by Crippen LogP contribution is 2.37. The van der Waals surface area contributed by atoms with Gasteiger partial charge in [0, 0.05) is 32.6 Å². The van der Waals surface area contributed by atoms with Crippen LogP contribution < -0.4 is 0 Å². The third-order valence-corrected chi connectivity index (χ3v) is 4.88. The molecule has 10 heteroatoms. The van der Waals surface area contributed by atoms with Crippen LogP contribution in [-0.4, -0.2) is 41.2 Å². The van der Waals surface area contributed by atoms with Crippen molar-refractivity contribution in [2.45, 2.75) is 52.0 Å². The number of rotatable bonds is 7. The molecule has 1 saturated heterocycles. The molecular formula is C20H24F6N2O2. The number of hydrogen-bond acceptors (Lipinski definition) is 2. The standard InChI is InChI=1S/C20H24F6N2O2/c1-3-5-27(6-4-2)18(30)14-9-17(29)28(12-14)11-13-7-15(19(21,22)23)10-16(8-13)20(24,25)26/h7-8,10,14H,3-6,9,11-12H2,1-2H3. The lowest BCUT2D eigenvalue weighted by atomic mass is 10.0. The highest BCUT2D eigenvalue weighted by atomic mass is 19.4. The van der Waals surface area contributed by atoms with Crippen molar-refractivity contribution in [3.63, 3.8) is 0 Å². The van der Waals surface area contributed by atoms with Crippen LogP contribution in [0.2, 0.25) is 0 Å². The average Bonchev–Trinajstić information content (AvgIpc) is 2.99. The molecule has 1 heterocycles. The predicted molar refractivity (Wildman–Crippen MR) is 97.1 cm³/mol. The van der Waals surface area contributed by atoms with Crippen molar-refractivity contribution in [1.82, 2.24) is 9.80 Å². The smallest absolute Gasteiger partial charge is 0.342 e. The molecule has 1 aliphatic heterocycles. The van der Waals surface area contributed by atoms with Crippen LogP contribution in [0.15, 0.2) is 18.2 Å². The monoisotopic (exact) mass is 438 g/mol. The lowest BCUT2D eigenvalue weighted by molar-refractivity contribution is -0.143. The van der Waals surface area contributed by atoms with E-state index in [1.807, 2.05) is 13.8 Å². The summed E-state index contributed by atoms with van der Waals surface area (Å²) in [5, 5.41) is 0. The SMILES string of the molecule is CCCN(CCC)C(=O)C1CC(=O)N(Cc2cc(C(F)(F)F)cc(C(F)(F)F)c2)C1. The molecule has 1 aromatic carbocycles. The van der Waals surface area contributed by atoms with E-state index in [0.29, 0.717) is 25.2 Å². The van der Waals surface area contributed by atoms with Crippen molar-refractivity contribution in [2.75, 3.05) is 19.6 Å². The topological polar surface area (TPSA) is 40.6 Å². The molecule has 0 aliphatic carbocycles. The van der Waals surface area contributed by atoms with E-state index in [2.05, 4.69) is 0 Å². The molecule has 1 atom stereocenters. The second kappa shape index (κ2) is 9.26. The lowest BCUT2D eigenvalue weighted by Crippen LogP contribution is -2.38. The fourth-order valence-electron chi connectivity index (χ4n) is 3.55. The van der Waals surface area contributed by atoms with E-state index >= 15 is 0 Å². The largest absolute Gasteiger partial charge is 0.416 e. The van der Waals surface area contributed by atoms with Gasteiger partial charge in [0.1, 0.15) is 0 Å². The molecule has 1 fully saturated rings. The number of halogens is 6. The van der Waals surface area contributed by atoms with Gasteiger partial charge < -0.3 is 9.80 Å². The summed E-state index contributed by atoms with van der Waals surface area (Å²) in [5.41, 5.74) is -3.13. The molecule has 1 aromatic rings. The van der Waals surface area contributed by atoms with Gasteiger partial charge in [0.15, 0.2) is 0 Å². The average molecular weight is 438 g/mol. The highest BCUT2D eigenvalue weighted by molar-refractivity contribution is 5.89. The molecule has 0 N–H and O–H groups in total. The predicted octanol–water partition coefficient (Wildman–Crippen LogP) is 4.72. The van der Waals surface area contributed by atoms with Gasteiger partial charge in [0.05, 0.1) is 17.0 Å². The van der Waals surface area contributed by atoms with Gasteiger partial charge >= 0.3 is 12.4 Å². The van der Waals surface area contributed by atoms with E-state index in [1.54, 1.807) is 4.90 Å². The molecule has 0 aromatic heterocycles. The summed E-state index contributed by atoms with van der Waals surface area (Å²) in [7, 11) is 0. The number of likely N-dealkylation sites (tertiary alicyclic amines) is 1. The van der Waals surface area contributed by atoms with E-state index in [9.17, 15) is 35.9 Å². The minimum absolute atomic E-state index is 0.0286. The summed E-state index contributed by atoms with van der Waals surface area (Å²) in [6.45, 7) is 4.43. The normalized spacial score (nSPS) is 17.5. The fourth-order valence-corrected chi connectivity index (χ4v) is 3.55. The summed E-state index contributed by atoms with van der Waals surface area (Å²) in [4.78, 5) is 27.8. The van der Waals surface area contributed by atoms with Crippen molar-refractivity contribution in [3.8, 4) is 0 Å². The van der Waals surface area contributed by atoms with Crippen LogP contribution in [0.5, 0.6) is 0 Å². The van der Waals surface area contributed by atoms with Gasteiger partial charge in [-0.15, -0.1) is 0 Å². The third kappa shape index (κ3) is 5.89. The molecular weight excluding hydrogens is 414 g/mol. The highest BCUT2D eigenvalue weighted by Gasteiger charge is 2.39. The van der Waals surface area contributed by atoms with Gasteiger partial charge in [0.2, 0.25) is 11.8 Å². The second-order valence-corrected chi connectivity index (χ2v) is 7.41. The Balaban J connectivity index is 2.22. The van der Waals surface area contributed by atoms with Crippen molar-refractivity contribution in [3.05, 3.63) is 34.9 Å². The van der Waals surface area contributed by atoms with Crippen molar-refractivity contribution in [1.29, 1.82) is 0 Å². The first-order chi connectivity index (χ1) is 13.9. The molecule has 1 aliphatic rings. The Morgan fingerprint density at radius 2 is 1.50 bits per heavy atom. The van der Waals surface area contributed by atoms with Crippen molar-refractivity contribution >= 4 is 11.8 Å². The molecule has 168 valence electrons. The molecule has 1 unspecified atom stereocenters. The molecule has 0 spiro atoms. The van der Waals surface area contributed by atoms with Crippen LogP contribution in [0.4, 0.5) is 26.3 Å². The Bertz CT molecular complexity index is 737. The zero-order chi connectivity index (χ0) is 22.7. The van der Waals surface area contributed by atoms with Crippen molar-refractivity contribution < 1.29 is 35.9 Å². The Kier molecular flexibility index (Phi) is 7.41. The number of hydrogen-bond donors (Lipinski definition) is 0. The minimum atomic E-state index is -4.95. The summed E-state index contributed by atoms with van der Waals surface area (Å²) in [6.07, 6.45) is -8.54. The molecule has 2 rings (SSSR count). The number of carbonyl (C=O) groups is 2. The number of alkyl halides is 6. The quantitative estimate of drug-likeness (QED) is 0.578. The Morgan fingerprint density at radius 3 is 1.93 bits per heavy atom. The van der Waals surface area contributed by atoms with E-state index in [0.717, 1.165) is 17.7 Å². The molecule has 2 amide bonds. The van der Waals surface area contributed by atoms with Gasteiger partial charge in [-0.05, 0) is 36.6 Å². The van der Waals surface area contributed by atoms with Crippen LogP contribution in [-0.2, 0) is 28.5 Å². The van der Waals surface area contributed by atoms with Gasteiger partial charge in [-0.25, -0.2) is 0 Å². The number of nitrogens with zero attached hydrogens (tertiary/aromatic N) is 2. The van der Waals surface area contributed by atoms with Gasteiger partial charge in [-0.2, -0.15) is 26.3 Å². The van der Waals surface area contributed by atoms with E-state index in [1.165, 1.54) is 0 Å². The fraction of sp³-hybridized carbons (Fsp3) is 0.600. The first-order valence-corrected chi connectivity index (χ1v) is 9.71. The van der Waals surface area contributed by atoms with Gasteiger partial charge in [-0.1, -0.05) is 13.8 Å². The van der Waals surface area contributed by atoms with E-state index < -0.39 is 41.8 Å². The first-order valence-electron chi connectivity index (χ1n) is 9.71. The van der Waals surface area contributed by atoms with E-state index in [4.69, 9.17) is 0 Å². The molecule has 4 nitrogen and oxygen atoms in total. The van der Waals surface area contributed by atoms with E-state index in [-0.39, 0.29) is 30.5 Å². The zero-order valence-corrected chi connectivity index (χ0v) is 16.7. The molecule has 0 saturated carbocycles. The maximum Gasteiger partial charge on any atom is 0.416 e. The first kappa shape index (κ1) is 24.0. The Morgan fingerprint density at radius 1 is 1.00 bits per heavy atom. The summed E-state index contributed by atoms with van der Waals surface area (Å²) in [5.74, 6) is -1.33. The van der Waals surface area contributed by atoms with Gasteiger partial charge in [0.25, 0.3) is 0 Å². The number of amides is 2. The van der Waals surface area contributed by atoms with Crippen LogP contribution in [0.25, 0.3) is 0 Å². The second-order valence-electron chi connectivity index (χ2n) is 7.41. The minimum Gasteiger partial charge on any atom is -0.342 e. The maximum atomic E-state index is 13.0. The molecule has 30 heavy (non-hydrogen) atoms. The van der Waals surface area contributed by atoms with Crippen LogP contribution in [0, 0.1) is 5.92 Å². The summed E-state index contributed by atoms with van der Waals surface area (Å²) in [6, 6.07) is 1.27. The van der Waals surface area contributed by atoms with Crippen LogP contribution in [0.1, 0.15) is 49.8 Å². The molecule has 0 radical (unpaired) electrons. The third-order valence-electron chi connectivity index (χ3n) is 4.88. The lowest BCUT2D eigenvalue weighted by Gasteiger charge is -2.25. The van der Waals surface area contributed by atoms with Crippen LogP contribution >= 0.6 is 0 Å². The van der Waals surface area contributed by atoms with Crippen molar-refractivity contribution in [2.24, 2.45) is 5.92 Å².